The van der Waals surface area contributed by atoms with Crippen LogP contribution in [-0.2, 0) is 30.2 Å². The van der Waals surface area contributed by atoms with Crippen molar-refractivity contribution in [1.29, 1.82) is 0 Å². The maximum absolute atomic E-state index is 12.7. The second-order valence-corrected chi connectivity index (χ2v) is 10.00. The molecule has 11 heteroatoms. The maximum atomic E-state index is 12.7. The molecule has 0 bridgehead atoms. The van der Waals surface area contributed by atoms with Crippen molar-refractivity contribution < 1.29 is 47.6 Å². The molecule has 230 valence electrons. The van der Waals surface area contributed by atoms with Crippen molar-refractivity contribution in [2.24, 2.45) is 5.73 Å². The summed E-state index contributed by atoms with van der Waals surface area (Å²) in [4.78, 5) is 49.9. The standard InChI is InChI=1S/C31H41NO10/c1-6-11-21(3)39-29(35)41-25-16-15-23(19-26(25)42-30(36)40-22(4)12-7-2)20-31(32,28(34)37-5)17-18-38-27(33)24-13-9-8-10-14-24/h8-10,13-16,19,21-22H,6-7,11-12,17-18,20,32H2,1-5H3/t21?,22?,31-/m1/s1. The molecule has 0 heterocycles. The van der Waals surface area contributed by atoms with Gasteiger partial charge in [0.1, 0.15) is 17.7 Å². The summed E-state index contributed by atoms with van der Waals surface area (Å²) in [6, 6.07) is 12.8. The summed E-state index contributed by atoms with van der Waals surface area (Å²) >= 11 is 0. The van der Waals surface area contributed by atoms with Crippen molar-refractivity contribution in [1.82, 2.24) is 0 Å². The summed E-state index contributed by atoms with van der Waals surface area (Å²) in [7, 11) is 1.20. The number of esters is 2. The number of rotatable bonds is 15. The molecule has 2 aromatic rings. The van der Waals surface area contributed by atoms with Crippen molar-refractivity contribution in [3.05, 3.63) is 59.7 Å². The van der Waals surface area contributed by atoms with E-state index in [0.29, 0.717) is 24.0 Å². The van der Waals surface area contributed by atoms with Gasteiger partial charge >= 0.3 is 24.2 Å². The number of nitrogens with two attached hydrogens (primary N) is 1. The predicted octanol–water partition coefficient (Wildman–Crippen LogP) is 5.75. The summed E-state index contributed by atoms with van der Waals surface area (Å²) in [5.41, 5.74) is 5.66. The molecule has 11 nitrogen and oxygen atoms in total. The molecule has 0 aliphatic carbocycles. The first-order valence-corrected chi connectivity index (χ1v) is 14.0. The molecule has 0 radical (unpaired) electrons. The highest BCUT2D eigenvalue weighted by Crippen LogP contribution is 2.31. The lowest BCUT2D eigenvalue weighted by Crippen LogP contribution is -2.51. The molecule has 2 unspecified atom stereocenters. The maximum Gasteiger partial charge on any atom is 0.514 e. The highest BCUT2D eigenvalue weighted by atomic mass is 16.7. The summed E-state index contributed by atoms with van der Waals surface area (Å²) in [5, 5.41) is 0. The Kier molecular flexibility index (Phi) is 13.8. The van der Waals surface area contributed by atoms with Gasteiger partial charge in [-0.15, -0.1) is 0 Å². The smallest absolute Gasteiger partial charge is 0.468 e. The topological polar surface area (TPSA) is 150 Å². The van der Waals surface area contributed by atoms with Crippen LogP contribution in [0.2, 0.25) is 0 Å². The summed E-state index contributed by atoms with van der Waals surface area (Å²) in [5.74, 6) is -1.52. The van der Waals surface area contributed by atoms with Gasteiger partial charge in [-0.25, -0.2) is 14.4 Å². The highest BCUT2D eigenvalue weighted by Gasteiger charge is 2.36. The molecule has 0 amide bonds. The largest absolute Gasteiger partial charge is 0.514 e. The minimum Gasteiger partial charge on any atom is -0.468 e. The van der Waals surface area contributed by atoms with Gasteiger partial charge in [-0.2, -0.15) is 0 Å². The van der Waals surface area contributed by atoms with Crippen molar-refractivity contribution in [2.45, 2.75) is 84.0 Å². The lowest BCUT2D eigenvalue weighted by atomic mass is 9.88. The van der Waals surface area contributed by atoms with Crippen molar-refractivity contribution in [3.63, 3.8) is 0 Å². The number of carbonyl (C=O) groups is 4. The zero-order valence-corrected chi connectivity index (χ0v) is 24.9. The first-order valence-electron chi connectivity index (χ1n) is 14.0. The Hall–Kier alpha value is -4.12. The zero-order valence-electron chi connectivity index (χ0n) is 24.9. The van der Waals surface area contributed by atoms with E-state index in [-0.39, 0.29) is 37.1 Å². The van der Waals surface area contributed by atoms with Crippen LogP contribution in [0.25, 0.3) is 0 Å². The van der Waals surface area contributed by atoms with E-state index in [0.717, 1.165) is 12.8 Å². The van der Waals surface area contributed by atoms with E-state index in [9.17, 15) is 19.2 Å². The normalized spacial score (nSPS) is 13.6. The Morgan fingerprint density at radius 3 is 1.95 bits per heavy atom. The molecule has 2 rings (SSSR count). The minimum absolute atomic E-state index is 0.0646. The van der Waals surface area contributed by atoms with Crippen LogP contribution in [0.1, 0.15) is 75.7 Å². The van der Waals surface area contributed by atoms with Crippen LogP contribution in [-0.4, -0.2) is 55.7 Å². The molecule has 0 aliphatic heterocycles. The molecule has 0 saturated carbocycles. The molecule has 2 aromatic carbocycles. The molecular formula is C31H41NO10. The van der Waals surface area contributed by atoms with Gasteiger partial charge in [0.2, 0.25) is 0 Å². The Bertz CT molecular complexity index is 1190. The van der Waals surface area contributed by atoms with E-state index in [1.807, 2.05) is 13.8 Å². The van der Waals surface area contributed by atoms with Crippen molar-refractivity contribution in [3.8, 4) is 11.5 Å². The first-order chi connectivity index (χ1) is 20.0. The van der Waals surface area contributed by atoms with Gasteiger partial charge in [0.05, 0.1) is 19.3 Å². The molecule has 42 heavy (non-hydrogen) atoms. The molecule has 0 aliphatic rings. The Balaban J connectivity index is 2.25. The second kappa shape index (κ2) is 17.0. The molecule has 0 saturated heterocycles. The fourth-order valence-electron chi connectivity index (χ4n) is 4.13. The summed E-state index contributed by atoms with van der Waals surface area (Å²) in [6.07, 6.45) is -0.00317. The van der Waals surface area contributed by atoms with Gasteiger partial charge in [0.15, 0.2) is 11.5 Å². The number of ether oxygens (including phenoxy) is 6. The third-order valence-corrected chi connectivity index (χ3v) is 6.28. The van der Waals surface area contributed by atoms with E-state index in [1.54, 1.807) is 50.2 Å². The van der Waals surface area contributed by atoms with Crippen LogP contribution in [0.15, 0.2) is 48.5 Å². The van der Waals surface area contributed by atoms with Gasteiger partial charge in [-0.1, -0.05) is 51.0 Å². The number of methoxy groups -OCH3 is 1. The number of hydrogen-bond acceptors (Lipinski definition) is 11. The van der Waals surface area contributed by atoms with Crippen LogP contribution >= 0.6 is 0 Å². The van der Waals surface area contributed by atoms with E-state index < -0.39 is 35.9 Å². The lowest BCUT2D eigenvalue weighted by molar-refractivity contribution is -0.147. The molecule has 0 spiro atoms. The Labute approximate surface area is 246 Å². The summed E-state index contributed by atoms with van der Waals surface area (Å²) < 4.78 is 31.5. The average molecular weight is 588 g/mol. The quantitative estimate of drug-likeness (QED) is 0.154. The molecular weight excluding hydrogens is 546 g/mol. The first kappa shape index (κ1) is 34.1. The monoisotopic (exact) mass is 587 g/mol. The van der Waals surface area contributed by atoms with Gasteiger partial charge in [-0.3, -0.25) is 4.79 Å². The minimum atomic E-state index is -1.60. The van der Waals surface area contributed by atoms with Crippen LogP contribution in [0.5, 0.6) is 11.5 Å². The third-order valence-electron chi connectivity index (χ3n) is 6.28. The van der Waals surface area contributed by atoms with Gasteiger partial charge in [-0.05, 0) is 56.5 Å². The second-order valence-electron chi connectivity index (χ2n) is 10.00. The predicted molar refractivity (Wildman–Crippen MR) is 153 cm³/mol. The van der Waals surface area contributed by atoms with Crippen LogP contribution < -0.4 is 15.2 Å². The van der Waals surface area contributed by atoms with E-state index in [2.05, 4.69) is 0 Å². The Morgan fingerprint density at radius 2 is 1.40 bits per heavy atom. The zero-order chi connectivity index (χ0) is 31.1. The van der Waals surface area contributed by atoms with E-state index in [4.69, 9.17) is 34.2 Å². The van der Waals surface area contributed by atoms with Crippen molar-refractivity contribution >= 4 is 24.2 Å². The third kappa shape index (κ3) is 11.0. The summed E-state index contributed by atoms with van der Waals surface area (Å²) in [6.45, 7) is 7.22. The van der Waals surface area contributed by atoms with Crippen LogP contribution in [0, 0.1) is 0 Å². The van der Waals surface area contributed by atoms with Gasteiger partial charge < -0.3 is 34.2 Å². The SMILES string of the molecule is CCCC(C)OC(=O)Oc1ccc(C[C@](N)(CCOC(=O)c2ccccc2)C(=O)OC)cc1OC(=O)OC(C)CCC. The van der Waals surface area contributed by atoms with E-state index >= 15 is 0 Å². The Morgan fingerprint density at radius 1 is 0.833 bits per heavy atom. The van der Waals surface area contributed by atoms with E-state index in [1.165, 1.54) is 19.2 Å². The number of benzene rings is 2. The van der Waals surface area contributed by atoms with Crippen LogP contribution in [0.4, 0.5) is 9.59 Å². The fraction of sp³-hybridized carbons (Fsp3) is 0.484. The fourth-order valence-corrected chi connectivity index (χ4v) is 4.13. The van der Waals surface area contributed by atoms with Gasteiger partial charge in [0, 0.05) is 12.8 Å². The number of hydrogen-bond donors (Lipinski definition) is 1. The number of carbonyl (C=O) groups excluding carboxylic acids is 4. The molecule has 2 N–H and O–H groups in total. The van der Waals surface area contributed by atoms with Crippen molar-refractivity contribution in [2.75, 3.05) is 13.7 Å². The molecule has 3 atom stereocenters. The lowest BCUT2D eigenvalue weighted by Gasteiger charge is -2.27. The van der Waals surface area contributed by atoms with Crippen LogP contribution in [0.3, 0.4) is 0 Å². The van der Waals surface area contributed by atoms with Gasteiger partial charge in [0.25, 0.3) is 0 Å². The molecule has 0 fully saturated rings. The highest BCUT2D eigenvalue weighted by molar-refractivity contribution is 5.89. The average Bonchev–Trinajstić information content (AvgIpc) is 2.94. The molecule has 0 aromatic heterocycles.